The summed E-state index contributed by atoms with van der Waals surface area (Å²) < 4.78 is 10.1. The first-order valence-corrected chi connectivity index (χ1v) is 7.44. The van der Waals surface area contributed by atoms with Crippen LogP contribution >= 0.6 is 0 Å². The number of morpholine rings is 1. The molecule has 2 N–H and O–H groups in total. The Labute approximate surface area is 126 Å². The van der Waals surface area contributed by atoms with Gasteiger partial charge in [-0.05, 0) is 12.3 Å². The highest BCUT2D eigenvalue weighted by Gasteiger charge is 2.27. The molecule has 21 heavy (non-hydrogen) atoms. The standard InChI is InChI=1S/C14H27N3O4/c1-11(2)10-12(16-14(19)15-4-7-20-3)13(18)17-5-8-21-9-6-17/h11-12H,4-10H2,1-3H3,(H2,15,16,19)/t12-/m0/s1. The lowest BCUT2D eigenvalue weighted by Gasteiger charge is -2.31. The maximum absolute atomic E-state index is 12.5. The molecule has 0 aromatic heterocycles. The van der Waals surface area contributed by atoms with Crippen LogP contribution in [0.2, 0.25) is 0 Å². The molecule has 7 heteroatoms. The van der Waals surface area contributed by atoms with E-state index in [-0.39, 0.29) is 11.9 Å². The zero-order chi connectivity index (χ0) is 15.7. The molecule has 1 rings (SSSR count). The number of ether oxygens (including phenoxy) is 2. The second-order valence-electron chi connectivity index (χ2n) is 5.51. The summed E-state index contributed by atoms with van der Waals surface area (Å²) in [6.07, 6.45) is 0.619. The third-order valence-corrected chi connectivity index (χ3v) is 3.23. The van der Waals surface area contributed by atoms with Gasteiger partial charge in [0.15, 0.2) is 0 Å². The lowest BCUT2D eigenvalue weighted by atomic mass is 10.0. The normalized spacial score (nSPS) is 16.7. The van der Waals surface area contributed by atoms with E-state index in [0.29, 0.717) is 51.8 Å². The maximum Gasteiger partial charge on any atom is 0.315 e. The van der Waals surface area contributed by atoms with Gasteiger partial charge in [-0.25, -0.2) is 4.79 Å². The highest BCUT2D eigenvalue weighted by atomic mass is 16.5. The molecule has 1 fully saturated rings. The van der Waals surface area contributed by atoms with Gasteiger partial charge in [0.2, 0.25) is 5.91 Å². The van der Waals surface area contributed by atoms with Gasteiger partial charge >= 0.3 is 6.03 Å². The number of nitrogens with one attached hydrogen (secondary N) is 2. The lowest BCUT2D eigenvalue weighted by Crippen LogP contribution is -2.54. The zero-order valence-electron chi connectivity index (χ0n) is 13.2. The first-order valence-electron chi connectivity index (χ1n) is 7.44. The van der Waals surface area contributed by atoms with E-state index in [2.05, 4.69) is 10.6 Å². The second kappa shape index (κ2) is 9.57. The summed E-state index contributed by atoms with van der Waals surface area (Å²) in [7, 11) is 1.57. The van der Waals surface area contributed by atoms with Crippen molar-refractivity contribution in [2.75, 3.05) is 46.6 Å². The highest BCUT2D eigenvalue weighted by molar-refractivity contribution is 5.87. The van der Waals surface area contributed by atoms with Crippen LogP contribution in [0.4, 0.5) is 4.79 Å². The number of hydrogen-bond acceptors (Lipinski definition) is 4. The van der Waals surface area contributed by atoms with Crippen molar-refractivity contribution in [2.24, 2.45) is 5.92 Å². The zero-order valence-corrected chi connectivity index (χ0v) is 13.2. The van der Waals surface area contributed by atoms with Crippen molar-refractivity contribution in [1.29, 1.82) is 0 Å². The number of methoxy groups -OCH3 is 1. The van der Waals surface area contributed by atoms with Crippen molar-refractivity contribution in [3.8, 4) is 0 Å². The lowest BCUT2D eigenvalue weighted by molar-refractivity contribution is -0.137. The van der Waals surface area contributed by atoms with Gasteiger partial charge in [-0.15, -0.1) is 0 Å². The first kappa shape index (κ1) is 17.7. The summed E-state index contributed by atoms with van der Waals surface area (Å²) in [5.74, 6) is 0.285. The number of urea groups is 1. The predicted octanol–water partition coefficient (Wildman–Crippen LogP) is 0.206. The summed E-state index contributed by atoms with van der Waals surface area (Å²) in [4.78, 5) is 26.1. The molecule has 0 bridgehead atoms. The molecule has 1 atom stereocenters. The molecule has 7 nitrogen and oxygen atoms in total. The fraction of sp³-hybridized carbons (Fsp3) is 0.857. The maximum atomic E-state index is 12.5. The molecule has 1 aliphatic rings. The third kappa shape index (κ3) is 6.77. The van der Waals surface area contributed by atoms with Gasteiger partial charge < -0.3 is 25.0 Å². The summed E-state index contributed by atoms with van der Waals surface area (Å²) in [5, 5.41) is 5.44. The van der Waals surface area contributed by atoms with Crippen molar-refractivity contribution < 1.29 is 19.1 Å². The number of hydrogen-bond donors (Lipinski definition) is 2. The summed E-state index contributed by atoms with van der Waals surface area (Å²) in [5.41, 5.74) is 0. The molecule has 1 heterocycles. The molecular formula is C14H27N3O4. The minimum atomic E-state index is -0.495. The molecule has 0 aromatic carbocycles. The monoisotopic (exact) mass is 301 g/mol. The Hall–Kier alpha value is -1.34. The molecule has 1 saturated heterocycles. The van der Waals surface area contributed by atoms with Gasteiger partial charge in [-0.2, -0.15) is 0 Å². The van der Waals surface area contributed by atoms with E-state index in [1.54, 1.807) is 12.0 Å². The third-order valence-electron chi connectivity index (χ3n) is 3.23. The molecule has 3 amide bonds. The van der Waals surface area contributed by atoms with Crippen LogP contribution in [0.5, 0.6) is 0 Å². The van der Waals surface area contributed by atoms with Gasteiger partial charge in [0, 0.05) is 26.7 Å². The van der Waals surface area contributed by atoms with Crippen LogP contribution in [0.15, 0.2) is 0 Å². The Balaban J connectivity index is 2.53. The highest BCUT2D eigenvalue weighted by Crippen LogP contribution is 2.09. The van der Waals surface area contributed by atoms with Crippen LogP contribution in [0.1, 0.15) is 20.3 Å². The molecular weight excluding hydrogens is 274 g/mol. The van der Waals surface area contributed by atoms with E-state index in [1.165, 1.54) is 0 Å². The summed E-state index contributed by atoms with van der Waals surface area (Å²) in [6.45, 7) is 7.21. The number of amides is 3. The van der Waals surface area contributed by atoms with Crippen molar-refractivity contribution >= 4 is 11.9 Å². The smallest absolute Gasteiger partial charge is 0.315 e. The quantitative estimate of drug-likeness (QED) is 0.659. The molecule has 0 aromatic rings. The van der Waals surface area contributed by atoms with E-state index in [9.17, 15) is 9.59 Å². The van der Waals surface area contributed by atoms with Crippen LogP contribution in [0.25, 0.3) is 0 Å². The molecule has 0 spiro atoms. The average molecular weight is 301 g/mol. The van der Waals surface area contributed by atoms with Crippen molar-refractivity contribution in [2.45, 2.75) is 26.3 Å². The van der Waals surface area contributed by atoms with E-state index >= 15 is 0 Å². The second-order valence-corrected chi connectivity index (χ2v) is 5.51. The van der Waals surface area contributed by atoms with Crippen LogP contribution in [-0.2, 0) is 14.3 Å². The van der Waals surface area contributed by atoms with Crippen LogP contribution in [-0.4, -0.2) is 69.4 Å². The molecule has 0 saturated carbocycles. The van der Waals surface area contributed by atoms with Gasteiger partial charge in [0.05, 0.1) is 19.8 Å². The Morgan fingerprint density at radius 1 is 1.29 bits per heavy atom. The Bertz CT molecular complexity index is 330. The topological polar surface area (TPSA) is 79.9 Å². The van der Waals surface area contributed by atoms with Gasteiger partial charge in [0.25, 0.3) is 0 Å². The molecule has 122 valence electrons. The Morgan fingerprint density at radius 3 is 2.52 bits per heavy atom. The number of nitrogens with zero attached hydrogens (tertiary/aromatic N) is 1. The molecule has 1 aliphatic heterocycles. The largest absolute Gasteiger partial charge is 0.383 e. The van der Waals surface area contributed by atoms with Gasteiger partial charge in [-0.3, -0.25) is 4.79 Å². The summed E-state index contributed by atoms with van der Waals surface area (Å²) in [6, 6.07) is -0.829. The van der Waals surface area contributed by atoms with E-state index in [0.717, 1.165) is 0 Å². The van der Waals surface area contributed by atoms with Crippen LogP contribution in [0, 0.1) is 5.92 Å². The molecule has 0 aliphatic carbocycles. The fourth-order valence-electron chi connectivity index (χ4n) is 2.17. The van der Waals surface area contributed by atoms with E-state index in [1.807, 2.05) is 13.8 Å². The Kier molecular flexibility index (Phi) is 8.07. The minimum absolute atomic E-state index is 0.0334. The molecule has 0 radical (unpaired) electrons. The first-order chi connectivity index (χ1) is 10.0. The van der Waals surface area contributed by atoms with E-state index in [4.69, 9.17) is 9.47 Å². The van der Waals surface area contributed by atoms with Crippen LogP contribution in [0.3, 0.4) is 0 Å². The number of carbonyl (C=O) groups excluding carboxylic acids is 2. The van der Waals surface area contributed by atoms with Gasteiger partial charge in [0.1, 0.15) is 6.04 Å². The fourth-order valence-corrected chi connectivity index (χ4v) is 2.17. The van der Waals surface area contributed by atoms with Gasteiger partial charge in [-0.1, -0.05) is 13.8 Å². The van der Waals surface area contributed by atoms with Crippen molar-refractivity contribution in [3.05, 3.63) is 0 Å². The van der Waals surface area contributed by atoms with Crippen molar-refractivity contribution in [1.82, 2.24) is 15.5 Å². The summed E-state index contributed by atoms with van der Waals surface area (Å²) >= 11 is 0. The predicted molar refractivity (Wildman–Crippen MR) is 79.1 cm³/mol. The Morgan fingerprint density at radius 2 is 1.95 bits per heavy atom. The molecule has 0 unspecified atom stereocenters. The minimum Gasteiger partial charge on any atom is -0.383 e. The SMILES string of the molecule is COCCNC(=O)N[C@@H](CC(C)C)C(=O)N1CCOCC1. The average Bonchev–Trinajstić information content (AvgIpc) is 2.46. The van der Waals surface area contributed by atoms with Crippen molar-refractivity contribution in [3.63, 3.8) is 0 Å². The number of carbonyl (C=O) groups is 2. The number of rotatable bonds is 7. The van der Waals surface area contributed by atoms with E-state index < -0.39 is 6.04 Å². The van der Waals surface area contributed by atoms with Crippen LogP contribution < -0.4 is 10.6 Å².